The molecular formula is C31H24O5. The number of phenolic OH excluding ortho intramolecular Hbond substituents is 2. The molecule has 5 nitrogen and oxygen atoms in total. The van der Waals surface area contributed by atoms with Crippen molar-refractivity contribution in [1.82, 2.24) is 0 Å². The molecule has 5 heteroatoms. The van der Waals surface area contributed by atoms with Crippen LogP contribution in [0.1, 0.15) is 45.6 Å². The Morgan fingerprint density at radius 3 is 1.94 bits per heavy atom. The lowest BCUT2D eigenvalue weighted by molar-refractivity contribution is 0.102. The molecule has 4 unspecified atom stereocenters. The molecule has 4 aromatic rings. The zero-order chi connectivity index (χ0) is 24.0. The molecular weight excluding hydrogens is 452 g/mol. The van der Waals surface area contributed by atoms with E-state index in [4.69, 9.17) is 14.2 Å². The van der Waals surface area contributed by atoms with Crippen molar-refractivity contribution in [1.29, 1.82) is 0 Å². The standard InChI is InChI=1S/C31H24O5/c32-19-9-5-17(6-10-19)31(18-7-11-20(33)12-8-18)24-4-2-1-3-21(24)22-13-14-23-27(28(22)31)30-26(36-30)16-34-15-25-29(23)35-25/h1-14,25-26,29-30,32-33H,15-16H2. The summed E-state index contributed by atoms with van der Waals surface area (Å²) in [4.78, 5) is 0. The van der Waals surface area contributed by atoms with Crippen molar-refractivity contribution < 1.29 is 24.4 Å². The van der Waals surface area contributed by atoms with Gasteiger partial charge in [-0.05, 0) is 68.8 Å². The van der Waals surface area contributed by atoms with Crippen molar-refractivity contribution in [3.63, 3.8) is 0 Å². The van der Waals surface area contributed by atoms with Crippen LogP contribution in [-0.2, 0) is 19.6 Å². The number of hydrogen-bond donors (Lipinski definition) is 2. The van der Waals surface area contributed by atoms with Crippen LogP contribution in [0.3, 0.4) is 0 Å². The summed E-state index contributed by atoms with van der Waals surface area (Å²) >= 11 is 0. The van der Waals surface area contributed by atoms with Crippen LogP contribution >= 0.6 is 0 Å². The lowest BCUT2D eigenvalue weighted by Gasteiger charge is -2.35. The van der Waals surface area contributed by atoms with Crippen LogP contribution in [-0.4, -0.2) is 35.6 Å². The summed E-state index contributed by atoms with van der Waals surface area (Å²) in [5, 5.41) is 20.4. The fraction of sp³-hybridized carbons (Fsp3) is 0.226. The molecule has 2 saturated heterocycles. The first-order valence-electron chi connectivity index (χ1n) is 12.4. The first-order valence-corrected chi connectivity index (χ1v) is 12.4. The lowest BCUT2D eigenvalue weighted by Crippen LogP contribution is -2.30. The van der Waals surface area contributed by atoms with E-state index in [1.807, 2.05) is 24.3 Å². The maximum absolute atomic E-state index is 10.2. The van der Waals surface area contributed by atoms with Crippen LogP contribution in [0.4, 0.5) is 0 Å². The molecule has 1 aliphatic carbocycles. The van der Waals surface area contributed by atoms with Gasteiger partial charge in [-0.15, -0.1) is 0 Å². The Morgan fingerprint density at radius 1 is 0.639 bits per heavy atom. The van der Waals surface area contributed by atoms with E-state index >= 15 is 0 Å². The molecule has 4 aliphatic rings. The Bertz CT molecular complexity index is 1460. The van der Waals surface area contributed by atoms with Crippen molar-refractivity contribution in [3.8, 4) is 22.6 Å². The minimum atomic E-state index is -0.658. The Kier molecular flexibility index (Phi) is 4.11. The molecule has 0 aromatic heterocycles. The normalized spacial score (nSPS) is 26.2. The van der Waals surface area contributed by atoms with E-state index < -0.39 is 5.41 Å². The maximum Gasteiger partial charge on any atom is 0.115 e. The highest BCUT2D eigenvalue weighted by molar-refractivity contribution is 5.88. The second kappa shape index (κ2) is 7.20. The van der Waals surface area contributed by atoms with E-state index in [-0.39, 0.29) is 35.9 Å². The molecule has 2 fully saturated rings. The number of phenols is 2. The highest BCUT2D eigenvalue weighted by Gasteiger charge is 2.56. The molecule has 0 spiro atoms. The van der Waals surface area contributed by atoms with Gasteiger partial charge in [-0.2, -0.15) is 0 Å². The Morgan fingerprint density at radius 2 is 1.25 bits per heavy atom. The van der Waals surface area contributed by atoms with Gasteiger partial charge >= 0.3 is 0 Å². The second-order valence-corrected chi connectivity index (χ2v) is 10.1. The molecule has 4 aromatic carbocycles. The highest BCUT2D eigenvalue weighted by atomic mass is 16.6. The number of ether oxygens (including phenoxy) is 3. The molecule has 8 rings (SSSR count). The fourth-order valence-electron chi connectivity index (χ4n) is 6.55. The second-order valence-electron chi connectivity index (χ2n) is 10.1. The van der Waals surface area contributed by atoms with Crippen molar-refractivity contribution >= 4 is 0 Å². The molecule has 0 radical (unpaired) electrons. The van der Waals surface area contributed by atoms with Gasteiger partial charge < -0.3 is 24.4 Å². The number of fused-ring (bicyclic) bond motifs is 9. The third-order valence-electron chi connectivity index (χ3n) is 8.20. The van der Waals surface area contributed by atoms with E-state index in [2.05, 4.69) is 36.4 Å². The first kappa shape index (κ1) is 20.5. The highest BCUT2D eigenvalue weighted by Crippen LogP contribution is 2.62. The van der Waals surface area contributed by atoms with Gasteiger partial charge in [0, 0.05) is 0 Å². The van der Waals surface area contributed by atoms with E-state index in [1.165, 1.54) is 33.4 Å². The summed E-state index contributed by atoms with van der Waals surface area (Å²) in [5.74, 6) is 0.450. The molecule has 2 N–H and O–H groups in total. The number of rotatable bonds is 2. The summed E-state index contributed by atoms with van der Waals surface area (Å²) in [6.07, 6.45) is 0.0173. The predicted octanol–water partition coefficient (Wildman–Crippen LogP) is 5.37. The van der Waals surface area contributed by atoms with Gasteiger partial charge in [-0.3, -0.25) is 0 Å². The van der Waals surface area contributed by atoms with Crippen LogP contribution in [0.5, 0.6) is 11.5 Å². The van der Waals surface area contributed by atoms with Crippen LogP contribution in [0.15, 0.2) is 84.9 Å². The quantitative estimate of drug-likeness (QED) is 0.335. The molecule has 178 valence electrons. The summed E-state index contributed by atoms with van der Waals surface area (Å²) in [6.45, 7) is 1.13. The average Bonchev–Trinajstić information content (AvgIpc) is 3.82. The van der Waals surface area contributed by atoms with Gasteiger partial charge in [0.2, 0.25) is 0 Å². The lowest BCUT2D eigenvalue weighted by atomic mass is 9.65. The molecule has 3 aliphatic heterocycles. The van der Waals surface area contributed by atoms with E-state index in [0.29, 0.717) is 13.2 Å². The fourth-order valence-corrected chi connectivity index (χ4v) is 6.55. The molecule has 4 atom stereocenters. The third kappa shape index (κ3) is 2.71. The van der Waals surface area contributed by atoms with Gasteiger partial charge in [0.1, 0.15) is 35.9 Å². The zero-order valence-electron chi connectivity index (χ0n) is 19.4. The van der Waals surface area contributed by atoms with Crippen molar-refractivity contribution in [2.24, 2.45) is 0 Å². The van der Waals surface area contributed by atoms with Crippen LogP contribution in [0.2, 0.25) is 0 Å². The smallest absolute Gasteiger partial charge is 0.115 e. The zero-order valence-corrected chi connectivity index (χ0v) is 19.4. The largest absolute Gasteiger partial charge is 0.508 e. The molecule has 36 heavy (non-hydrogen) atoms. The van der Waals surface area contributed by atoms with Gasteiger partial charge in [0.15, 0.2) is 0 Å². The molecule has 0 bridgehead atoms. The van der Waals surface area contributed by atoms with Gasteiger partial charge in [0.05, 0.1) is 18.6 Å². The summed E-state index contributed by atoms with van der Waals surface area (Å²) < 4.78 is 18.3. The minimum absolute atomic E-state index is 0.00528. The van der Waals surface area contributed by atoms with E-state index in [9.17, 15) is 10.2 Å². The third-order valence-corrected chi connectivity index (χ3v) is 8.20. The molecule has 0 amide bonds. The van der Waals surface area contributed by atoms with Crippen molar-refractivity contribution in [2.75, 3.05) is 13.2 Å². The van der Waals surface area contributed by atoms with E-state index in [0.717, 1.165) is 11.1 Å². The number of epoxide rings is 2. The number of aromatic hydroxyl groups is 2. The van der Waals surface area contributed by atoms with Gasteiger partial charge in [-0.25, -0.2) is 0 Å². The molecule has 0 saturated carbocycles. The topological polar surface area (TPSA) is 74.8 Å². The van der Waals surface area contributed by atoms with Gasteiger partial charge in [-0.1, -0.05) is 60.7 Å². The molecule has 3 heterocycles. The van der Waals surface area contributed by atoms with Crippen LogP contribution in [0.25, 0.3) is 11.1 Å². The Hall–Kier alpha value is -3.64. The average molecular weight is 477 g/mol. The predicted molar refractivity (Wildman–Crippen MR) is 133 cm³/mol. The van der Waals surface area contributed by atoms with Crippen LogP contribution < -0.4 is 0 Å². The monoisotopic (exact) mass is 476 g/mol. The Labute approximate surface area is 208 Å². The summed E-state index contributed by atoms with van der Waals surface area (Å²) in [7, 11) is 0. The summed E-state index contributed by atoms with van der Waals surface area (Å²) in [5.41, 5.74) is 8.52. The first-order chi connectivity index (χ1) is 17.7. The van der Waals surface area contributed by atoms with Crippen molar-refractivity contribution in [3.05, 3.63) is 118 Å². The van der Waals surface area contributed by atoms with Crippen molar-refractivity contribution in [2.45, 2.75) is 29.8 Å². The number of hydrogen-bond acceptors (Lipinski definition) is 5. The van der Waals surface area contributed by atoms with Gasteiger partial charge in [0.25, 0.3) is 0 Å². The summed E-state index contributed by atoms with van der Waals surface area (Å²) in [6, 6.07) is 28.0. The maximum atomic E-state index is 10.2. The van der Waals surface area contributed by atoms with E-state index in [1.54, 1.807) is 24.3 Å². The minimum Gasteiger partial charge on any atom is -0.508 e. The number of benzene rings is 4. The SMILES string of the molecule is Oc1ccc(C2(c3ccc(O)cc3)c3ccccc3-c3ccc4c(c32)C2OC2COCC2OC42)cc1. The van der Waals surface area contributed by atoms with Crippen LogP contribution in [0, 0.1) is 0 Å². The Balaban J connectivity index is 1.52.